The van der Waals surface area contributed by atoms with Crippen molar-refractivity contribution >= 4 is 15.9 Å². The molecule has 5 heteroatoms. The third-order valence-electron chi connectivity index (χ3n) is 2.45. The van der Waals surface area contributed by atoms with Gasteiger partial charge in [0.15, 0.2) is 0 Å². The molecule has 0 saturated heterocycles. The molecule has 1 atom stereocenters. The van der Waals surface area contributed by atoms with E-state index in [1.807, 2.05) is 25.6 Å². The van der Waals surface area contributed by atoms with Gasteiger partial charge >= 0.3 is 0 Å². The van der Waals surface area contributed by atoms with E-state index in [4.69, 9.17) is 4.74 Å². The monoisotopic (exact) mass is 289 g/mol. The number of rotatable bonds is 6. The zero-order chi connectivity index (χ0) is 12.1. The molecule has 0 bridgehead atoms. The Morgan fingerprint density at radius 2 is 2.25 bits per heavy atom. The molecule has 0 aliphatic carbocycles. The molecule has 0 amide bonds. The van der Waals surface area contributed by atoms with Crippen molar-refractivity contribution in [2.24, 2.45) is 7.05 Å². The van der Waals surface area contributed by atoms with Gasteiger partial charge in [-0.2, -0.15) is 5.10 Å². The minimum absolute atomic E-state index is 0.349. The van der Waals surface area contributed by atoms with E-state index in [2.05, 4.69) is 33.3 Å². The maximum absolute atomic E-state index is 5.35. The smallest absolute Gasteiger partial charge is 0.0739 e. The van der Waals surface area contributed by atoms with Crippen molar-refractivity contribution in [1.29, 1.82) is 0 Å². The van der Waals surface area contributed by atoms with Gasteiger partial charge in [-0.25, -0.2) is 0 Å². The molecule has 1 aromatic rings. The molecular formula is C11H20BrN3O. The summed E-state index contributed by atoms with van der Waals surface area (Å²) in [4.78, 5) is 0. The first-order chi connectivity index (χ1) is 7.56. The molecule has 0 radical (unpaired) electrons. The van der Waals surface area contributed by atoms with E-state index in [1.54, 1.807) is 0 Å². The quantitative estimate of drug-likeness (QED) is 0.871. The highest BCUT2D eigenvalue weighted by atomic mass is 79.9. The summed E-state index contributed by atoms with van der Waals surface area (Å²) in [5.74, 6) is 0. The molecule has 0 aliphatic rings. The molecule has 0 fully saturated rings. The van der Waals surface area contributed by atoms with E-state index in [0.717, 1.165) is 29.9 Å². The zero-order valence-electron chi connectivity index (χ0n) is 10.4. The first-order valence-electron chi connectivity index (χ1n) is 5.55. The fourth-order valence-electron chi connectivity index (χ4n) is 1.50. The van der Waals surface area contributed by atoms with Crippen LogP contribution in [0.2, 0.25) is 0 Å². The van der Waals surface area contributed by atoms with Gasteiger partial charge in [0.1, 0.15) is 0 Å². The maximum Gasteiger partial charge on any atom is 0.0739 e. The number of aromatic nitrogens is 2. The second-order valence-corrected chi connectivity index (χ2v) is 4.70. The predicted molar refractivity (Wildman–Crippen MR) is 68.4 cm³/mol. The van der Waals surface area contributed by atoms with Gasteiger partial charge in [-0.1, -0.05) is 0 Å². The minimum atomic E-state index is 0.349. The topological polar surface area (TPSA) is 39.1 Å². The van der Waals surface area contributed by atoms with Crippen molar-refractivity contribution in [1.82, 2.24) is 15.1 Å². The van der Waals surface area contributed by atoms with Crippen LogP contribution >= 0.6 is 15.9 Å². The Labute approximate surface area is 105 Å². The van der Waals surface area contributed by atoms with Gasteiger partial charge in [0, 0.05) is 26.2 Å². The van der Waals surface area contributed by atoms with E-state index < -0.39 is 0 Å². The Kier molecular flexibility index (Phi) is 5.44. The van der Waals surface area contributed by atoms with E-state index in [0.29, 0.717) is 6.04 Å². The number of nitrogens with one attached hydrogen (secondary N) is 1. The summed E-state index contributed by atoms with van der Waals surface area (Å²) >= 11 is 3.55. The second-order valence-electron chi connectivity index (χ2n) is 3.91. The summed E-state index contributed by atoms with van der Waals surface area (Å²) in [6, 6.07) is 0.349. The molecule has 1 aromatic heterocycles. The predicted octanol–water partition coefficient (Wildman–Crippen LogP) is 2.01. The van der Waals surface area contributed by atoms with Crippen molar-refractivity contribution in [3.8, 4) is 0 Å². The van der Waals surface area contributed by atoms with Crippen LogP contribution in [-0.4, -0.2) is 29.0 Å². The molecule has 92 valence electrons. The van der Waals surface area contributed by atoms with Gasteiger partial charge < -0.3 is 10.1 Å². The highest BCUT2D eigenvalue weighted by Gasteiger charge is 2.11. The third-order valence-corrected chi connectivity index (χ3v) is 3.48. The number of hydrogen-bond donors (Lipinski definition) is 1. The molecule has 1 unspecified atom stereocenters. The zero-order valence-corrected chi connectivity index (χ0v) is 12.0. The highest BCUT2D eigenvalue weighted by Crippen LogP contribution is 2.19. The number of hydrogen-bond acceptors (Lipinski definition) is 3. The first kappa shape index (κ1) is 13.7. The number of nitrogens with zero attached hydrogens (tertiary/aromatic N) is 2. The van der Waals surface area contributed by atoms with Gasteiger partial charge in [-0.05, 0) is 36.7 Å². The molecule has 0 aliphatic heterocycles. The molecule has 1 N–H and O–H groups in total. The largest absolute Gasteiger partial charge is 0.380 e. The Bertz CT molecular complexity index is 338. The molecule has 0 spiro atoms. The minimum Gasteiger partial charge on any atom is -0.380 e. The summed E-state index contributed by atoms with van der Waals surface area (Å²) in [6.07, 6.45) is 0. The lowest BCUT2D eigenvalue weighted by Gasteiger charge is -2.13. The van der Waals surface area contributed by atoms with Crippen molar-refractivity contribution in [3.05, 3.63) is 15.9 Å². The summed E-state index contributed by atoms with van der Waals surface area (Å²) in [5.41, 5.74) is 2.19. The number of aryl methyl sites for hydroxylation is 2. The molecule has 4 nitrogen and oxygen atoms in total. The lowest BCUT2D eigenvalue weighted by atomic mass is 10.3. The Hall–Kier alpha value is -0.390. The van der Waals surface area contributed by atoms with Crippen molar-refractivity contribution in [2.45, 2.75) is 33.4 Å². The normalized spacial score (nSPS) is 13.1. The number of ether oxygens (including phenoxy) is 1. The van der Waals surface area contributed by atoms with Gasteiger partial charge in [0.05, 0.1) is 22.5 Å². The van der Waals surface area contributed by atoms with Crippen LogP contribution in [-0.2, 0) is 18.3 Å². The average Bonchev–Trinajstić information content (AvgIpc) is 2.48. The van der Waals surface area contributed by atoms with Crippen LogP contribution in [0.4, 0.5) is 0 Å². The van der Waals surface area contributed by atoms with Gasteiger partial charge in [0.2, 0.25) is 0 Å². The Morgan fingerprint density at radius 1 is 1.56 bits per heavy atom. The van der Waals surface area contributed by atoms with Crippen molar-refractivity contribution in [3.63, 3.8) is 0 Å². The lowest BCUT2D eigenvalue weighted by molar-refractivity contribution is 0.126. The second kappa shape index (κ2) is 6.37. The van der Waals surface area contributed by atoms with Crippen molar-refractivity contribution in [2.75, 3.05) is 13.2 Å². The van der Waals surface area contributed by atoms with Crippen LogP contribution in [0.25, 0.3) is 0 Å². The fourth-order valence-corrected chi connectivity index (χ4v) is 1.97. The molecule has 0 aromatic carbocycles. The molecule has 1 rings (SSSR count). The summed E-state index contributed by atoms with van der Waals surface area (Å²) in [6.45, 7) is 8.43. The first-order valence-corrected chi connectivity index (χ1v) is 6.34. The SMILES string of the molecule is CCOCC(C)NCc1c(Br)c(C)nn1C. The van der Waals surface area contributed by atoms with Gasteiger partial charge in [-0.3, -0.25) is 4.68 Å². The average molecular weight is 290 g/mol. The van der Waals surface area contributed by atoms with E-state index in [1.165, 1.54) is 5.69 Å². The van der Waals surface area contributed by atoms with Gasteiger partial charge in [-0.15, -0.1) is 0 Å². The van der Waals surface area contributed by atoms with Crippen LogP contribution in [0.15, 0.2) is 4.47 Å². The summed E-state index contributed by atoms with van der Waals surface area (Å²) in [5, 5.41) is 7.76. The lowest BCUT2D eigenvalue weighted by Crippen LogP contribution is -2.30. The van der Waals surface area contributed by atoms with E-state index in [-0.39, 0.29) is 0 Å². The van der Waals surface area contributed by atoms with Crippen LogP contribution in [0, 0.1) is 6.92 Å². The third kappa shape index (κ3) is 3.57. The molecule has 0 saturated carbocycles. The van der Waals surface area contributed by atoms with Gasteiger partial charge in [0.25, 0.3) is 0 Å². The standard InChI is InChI=1S/C11H20BrN3O/c1-5-16-7-8(2)13-6-10-11(12)9(3)14-15(10)4/h8,13H,5-7H2,1-4H3. The maximum atomic E-state index is 5.35. The van der Waals surface area contributed by atoms with Crippen molar-refractivity contribution < 1.29 is 4.74 Å². The molecule has 16 heavy (non-hydrogen) atoms. The summed E-state index contributed by atoms with van der Waals surface area (Å²) in [7, 11) is 1.96. The van der Waals surface area contributed by atoms with E-state index in [9.17, 15) is 0 Å². The fraction of sp³-hybridized carbons (Fsp3) is 0.727. The molecule has 1 heterocycles. The van der Waals surface area contributed by atoms with Crippen LogP contribution in [0.5, 0.6) is 0 Å². The van der Waals surface area contributed by atoms with Crippen LogP contribution in [0.3, 0.4) is 0 Å². The van der Waals surface area contributed by atoms with E-state index >= 15 is 0 Å². The number of halogens is 1. The Balaban J connectivity index is 2.48. The molecular weight excluding hydrogens is 270 g/mol. The Morgan fingerprint density at radius 3 is 2.75 bits per heavy atom. The van der Waals surface area contributed by atoms with Crippen LogP contribution in [0.1, 0.15) is 25.2 Å². The summed E-state index contributed by atoms with van der Waals surface area (Å²) < 4.78 is 8.34. The highest BCUT2D eigenvalue weighted by molar-refractivity contribution is 9.10. The van der Waals surface area contributed by atoms with Crippen LogP contribution < -0.4 is 5.32 Å².